The van der Waals surface area contributed by atoms with Gasteiger partial charge in [-0.15, -0.1) is 0 Å². The molecule has 0 radical (unpaired) electrons. The van der Waals surface area contributed by atoms with Crippen molar-refractivity contribution in [2.24, 2.45) is 11.8 Å². The van der Waals surface area contributed by atoms with Crippen LogP contribution < -0.4 is 10.6 Å². The molecular formula is C18H23N3. The predicted molar refractivity (Wildman–Crippen MR) is 88.4 cm³/mol. The Morgan fingerprint density at radius 3 is 2.81 bits per heavy atom. The number of nitrogens with two attached hydrogens (primary N) is 1. The van der Waals surface area contributed by atoms with E-state index in [9.17, 15) is 0 Å². The summed E-state index contributed by atoms with van der Waals surface area (Å²) in [6.45, 7) is 2.33. The van der Waals surface area contributed by atoms with E-state index < -0.39 is 0 Å². The second kappa shape index (κ2) is 5.21. The van der Waals surface area contributed by atoms with Crippen LogP contribution in [0.1, 0.15) is 32.1 Å². The minimum Gasteiger partial charge on any atom is -0.396 e. The first-order valence-corrected chi connectivity index (χ1v) is 8.21. The highest BCUT2D eigenvalue weighted by Crippen LogP contribution is 2.39. The van der Waals surface area contributed by atoms with Gasteiger partial charge in [-0.1, -0.05) is 19.3 Å². The summed E-state index contributed by atoms with van der Waals surface area (Å²) in [5.41, 5.74) is 9.53. The third-order valence-electron chi connectivity index (χ3n) is 5.44. The maximum Gasteiger partial charge on any atom is 0.0724 e. The highest BCUT2D eigenvalue weighted by atomic mass is 15.1. The number of rotatable bonds is 1. The molecule has 0 bridgehead atoms. The van der Waals surface area contributed by atoms with Crippen molar-refractivity contribution in [1.82, 2.24) is 4.98 Å². The first-order chi connectivity index (χ1) is 10.3. The lowest BCUT2D eigenvalue weighted by atomic mass is 9.75. The predicted octanol–water partition coefficient (Wildman–Crippen LogP) is 3.83. The number of anilines is 2. The second-order valence-electron chi connectivity index (χ2n) is 6.61. The first-order valence-electron chi connectivity index (χ1n) is 8.21. The fourth-order valence-corrected chi connectivity index (χ4v) is 4.26. The molecule has 1 aromatic heterocycles. The van der Waals surface area contributed by atoms with Crippen molar-refractivity contribution in [3.8, 4) is 0 Å². The summed E-state index contributed by atoms with van der Waals surface area (Å²) in [5.74, 6) is 1.83. The van der Waals surface area contributed by atoms with Gasteiger partial charge in [-0.05, 0) is 48.9 Å². The molecule has 1 aliphatic heterocycles. The van der Waals surface area contributed by atoms with Gasteiger partial charge in [0.05, 0.1) is 16.9 Å². The standard InChI is InChI=1S/C18H23N3/c19-18-15-6-3-10-20-16(15)7-8-17(18)21-11-9-13-4-1-2-5-14(13)12-21/h3,6-8,10,13-14H,1-2,4-5,9,11-12,19H2. The molecule has 3 heteroatoms. The Balaban J connectivity index is 1.65. The smallest absolute Gasteiger partial charge is 0.0724 e. The van der Waals surface area contributed by atoms with E-state index in [1.54, 1.807) is 0 Å². The molecule has 0 amide bonds. The lowest BCUT2D eigenvalue weighted by molar-refractivity contribution is 0.202. The number of benzene rings is 1. The Labute approximate surface area is 126 Å². The lowest BCUT2D eigenvalue weighted by Crippen LogP contribution is -2.42. The molecule has 2 heterocycles. The summed E-state index contributed by atoms with van der Waals surface area (Å²) < 4.78 is 0. The molecule has 110 valence electrons. The van der Waals surface area contributed by atoms with Crippen LogP contribution in [0.2, 0.25) is 0 Å². The second-order valence-corrected chi connectivity index (χ2v) is 6.61. The van der Waals surface area contributed by atoms with Gasteiger partial charge in [0, 0.05) is 24.7 Å². The molecule has 2 aliphatic rings. The van der Waals surface area contributed by atoms with Crippen LogP contribution in [0.5, 0.6) is 0 Å². The zero-order valence-corrected chi connectivity index (χ0v) is 12.5. The van der Waals surface area contributed by atoms with E-state index in [0.29, 0.717) is 0 Å². The molecule has 2 unspecified atom stereocenters. The summed E-state index contributed by atoms with van der Waals surface area (Å²) in [7, 11) is 0. The summed E-state index contributed by atoms with van der Waals surface area (Å²) in [6, 6.07) is 8.31. The molecule has 3 nitrogen and oxygen atoms in total. The van der Waals surface area contributed by atoms with Crippen molar-refractivity contribution in [3.63, 3.8) is 0 Å². The van der Waals surface area contributed by atoms with Gasteiger partial charge in [-0.3, -0.25) is 4.98 Å². The summed E-state index contributed by atoms with van der Waals surface area (Å²) in [6.07, 6.45) is 8.84. The van der Waals surface area contributed by atoms with E-state index >= 15 is 0 Å². The van der Waals surface area contributed by atoms with Gasteiger partial charge in [-0.2, -0.15) is 0 Å². The van der Waals surface area contributed by atoms with Crippen LogP contribution in [0.15, 0.2) is 30.5 Å². The lowest BCUT2D eigenvalue weighted by Gasteiger charge is -2.42. The van der Waals surface area contributed by atoms with Gasteiger partial charge < -0.3 is 10.6 Å². The number of aromatic nitrogens is 1. The average molecular weight is 281 g/mol. The Hall–Kier alpha value is -1.77. The zero-order valence-electron chi connectivity index (χ0n) is 12.5. The van der Waals surface area contributed by atoms with E-state index in [1.807, 2.05) is 12.3 Å². The maximum atomic E-state index is 6.44. The van der Waals surface area contributed by atoms with Gasteiger partial charge in [-0.25, -0.2) is 0 Å². The summed E-state index contributed by atoms with van der Waals surface area (Å²) in [5, 5.41) is 1.08. The number of hydrogen-bond acceptors (Lipinski definition) is 3. The number of hydrogen-bond donors (Lipinski definition) is 1. The molecule has 0 spiro atoms. The molecule has 1 saturated carbocycles. The van der Waals surface area contributed by atoms with Crippen molar-refractivity contribution in [3.05, 3.63) is 30.5 Å². The summed E-state index contributed by atoms with van der Waals surface area (Å²) in [4.78, 5) is 6.90. The first kappa shape index (κ1) is 12.9. The number of fused-ring (bicyclic) bond motifs is 2. The molecule has 1 aliphatic carbocycles. The van der Waals surface area contributed by atoms with Gasteiger partial charge in [0.2, 0.25) is 0 Å². The van der Waals surface area contributed by atoms with E-state index in [4.69, 9.17) is 5.73 Å². The number of nitrogen functional groups attached to an aromatic ring is 1. The monoisotopic (exact) mass is 281 g/mol. The Kier molecular flexibility index (Phi) is 3.21. The van der Waals surface area contributed by atoms with Gasteiger partial charge in [0.25, 0.3) is 0 Å². The van der Waals surface area contributed by atoms with Gasteiger partial charge >= 0.3 is 0 Å². The molecule has 21 heavy (non-hydrogen) atoms. The molecule has 2 atom stereocenters. The molecule has 2 aromatic rings. The SMILES string of the molecule is Nc1c(N2CCC3CCCCC3C2)ccc2ncccc12. The molecular weight excluding hydrogens is 258 g/mol. The topological polar surface area (TPSA) is 42.1 Å². The molecule has 1 aromatic carbocycles. The van der Waals surface area contributed by atoms with E-state index in [1.165, 1.54) is 44.3 Å². The van der Waals surface area contributed by atoms with Crippen molar-refractivity contribution in [2.75, 3.05) is 23.7 Å². The number of piperidine rings is 1. The van der Waals surface area contributed by atoms with Gasteiger partial charge in [0.15, 0.2) is 0 Å². The highest BCUT2D eigenvalue weighted by Gasteiger charge is 2.31. The molecule has 1 saturated heterocycles. The fourth-order valence-electron chi connectivity index (χ4n) is 4.26. The minimum absolute atomic E-state index is 0.872. The van der Waals surface area contributed by atoms with Crippen LogP contribution in [0.3, 0.4) is 0 Å². The van der Waals surface area contributed by atoms with E-state index in [-0.39, 0.29) is 0 Å². The van der Waals surface area contributed by atoms with E-state index in [2.05, 4.69) is 28.1 Å². The minimum atomic E-state index is 0.872. The fraction of sp³-hybridized carbons (Fsp3) is 0.500. The Morgan fingerprint density at radius 1 is 1.05 bits per heavy atom. The van der Waals surface area contributed by atoms with Crippen LogP contribution in [0.4, 0.5) is 11.4 Å². The molecule has 2 fully saturated rings. The highest BCUT2D eigenvalue weighted by molar-refractivity contribution is 5.97. The van der Waals surface area contributed by atoms with Crippen molar-refractivity contribution in [2.45, 2.75) is 32.1 Å². The quantitative estimate of drug-likeness (QED) is 0.808. The van der Waals surface area contributed by atoms with Crippen LogP contribution >= 0.6 is 0 Å². The Morgan fingerprint density at radius 2 is 1.90 bits per heavy atom. The average Bonchev–Trinajstić information content (AvgIpc) is 2.55. The Bertz CT molecular complexity index is 652. The van der Waals surface area contributed by atoms with Crippen LogP contribution in [-0.4, -0.2) is 18.1 Å². The summed E-state index contributed by atoms with van der Waals surface area (Å²) >= 11 is 0. The van der Waals surface area contributed by atoms with Crippen molar-refractivity contribution in [1.29, 1.82) is 0 Å². The van der Waals surface area contributed by atoms with Crippen LogP contribution in [0.25, 0.3) is 10.9 Å². The normalized spacial score (nSPS) is 25.8. The third-order valence-corrected chi connectivity index (χ3v) is 5.44. The third kappa shape index (κ3) is 2.25. The molecule has 4 rings (SSSR count). The van der Waals surface area contributed by atoms with Crippen molar-refractivity contribution >= 4 is 22.3 Å². The largest absolute Gasteiger partial charge is 0.396 e. The number of nitrogens with zero attached hydrogens (tertiary/aromatic N) is 2. The van der Waals surface area contributed by atoms with Gasteiger partial charge in [0.1, 0.15) is 0 Å². The maximum absolute atomic E-state index is 6.44. The van der Waals surface area contributed by atoms with Crippen LogP contribution in [-0.2, 0) is 0 Å². The van der Waals surface area contributed by atoms with E-state index in [0.717, 1.165) is 35.0 Å². The number of pyridine rings is 1. The van der Waals surface area contributed by atoms with Crippen molar-refractivity contribution < 1.29 is 0 Å². The molecule has 2 N–H and O–H groups in total. The zero-order chi connectivity index (χ0) is 14.2. The van der Waals surface area contributed by atoms with Crippen LogP contribution in [0, 0.1) is 11.8 Å².